The summed E-state index contributed by atoms with van der Waals surface area (Å²) in [5.74, 6) is 0.781. The molecule has 0 unspecified atom stereocenters. The maximum Gasteiger partial charge on any atom is 0.224 e. The molecular weight excluding hydrogens is 362 g/mol. The molecule has 0 bridgehead atoms. The molecule has 1 aliphatic heterocycles. The fourth-order valence-electron chi connectivity index (χ4n) is 3.46. The number of benzene rings is 2. The molecule has 3 rings (SSSR count). The fourth-order valence-corrected chi connectivity index (χ4v) is 3.59. The predicted molar refractivity (Wildman–Crippen MR) is 107 cm³/mol. The normalized spacial score (nSPS) is 18.7. The second kappa shape index (κ2) is 7.53. The van der Waals surface area contributed by atoms with Gasteiger partial charge in [0, 0.05) is 17.9 Å². The van der Waals surface area contributed by atoms with Crippen molar-refractivity contribution in [2.45, 2.75) is 51.2 Å². The van der Waals surface area contributed by atoms with E-state index in [4.69, 9.17) is 16.3 Å². The minimum absolute atomic E-state index is 0.0974. The van der Waals surface area contributed by atoms with Gasteiger partial charge in [0.05, 0.1) is 18.6 Å². The number of ether oxygens (including phenoxy) is 1. The van der Waals surface area contributed by atoms with E-state index in [-0.39, 0.29) is 24.5 Å². The second-order valence-corrected chi connectivity index (χ2v) is 8.68. The summed E-state index contributed by atoms with van der Waals surface area (Å²) in [6.45, 7) is 5.60. The quantitative estimate of drug-likeness (QED) is 0.794. The van der Waals surface area contributed by atoms with Crippen LogP contribution < -0.4 is 10.1 Å². The number of hydrogen-bond donors (Lipinski definition) is 2. The monoisotopic (exact) mass is 387 g/mol. The number of halogens is 1. The number of hydrogen-bond acceptors (Lipinski definition) is 3. The number of carbonyl (C=O) groups is 1. The third-order valence-electron chi connectivity index (χ3n) is 4.77. The Hall–Kier alpha value is -2.04. The van der Waals surface area contributed by atoms with Gasteiger partial charge in [-0.2, -0.15) is 0 Å². The van der Waals surface area contributed by atoms with Crippen molar-refractivity contribution in [1.29, 1.82) is 0 Å². The summed E-state index contributed by atoms with van der Waals surface area (Å²) in [4.78, 5) is 12.2. The molecule has 0 saturated carbocycles. The van der Waals surface area contributed by atoms with Gasteiger partial charge in [0.15, 0.2) is 0 Å². The summed E-state index contributed by atoms with van der Waals surface area (Å²) in [5, 5.41) is 12.9. The highest BCUT2D eigenvalue weighted by atomic mass is 35.5. The molecule has 27 heavy (non-hydrogen) atoms. The molecule has 2 aromatic rings. The summed E-state index contributed by atoms with van der Waals surface area (Å²) in [7, 11) is 0. The van der Waals surface area contributed by atoms with Gasteiger partial charge in [-0.1, -0.05) is 35.9 Å². The maximum absolute atomic E-state index is 12.2. The largest absolute Gasteiger partial charge is 0.487 e. The van der Waals surface area contributed by atoms with E-state index in [9.17, 15) is 9.90 Å². The summed E-state index contributed by atoms with van der Waals surface area (Å²) in [6, 6.07) is 13.8. The molecule has 0 aliphatic carbocycles. The molecule has 5 heteroatoms. The van der Waals surface area contributed by atoms with Crippen LogP contribution in [0.4, 0.5) is 0 Å². The van der Waals surface area contributed by atoms with Gasteiger partial charge in [-0.05, 0) is 55.7 Å². The van der Waals surface area contributed by atoms with Crippen molar-refractivity contribution in [2.75, 3.05) is 6.61 Å². The number of fused-ring (bicyclic) bond motifs is 1. The highest BCUT2D eigenvalue weighted by Crippen LogP contribution is 2.37. The number of nitrogens with one attached hydrogen (secondary N) is 1. The van der Waals surface area contributed by atoms with E-state index >= 15 is 0 Å². The van der Waals surface area contributed by atoms with Crippen molar-refractivity contribution in [1.82, 2.24) is 5.32 Å². The second-order valence-electron chi connectivity index (χ2n) is 8.24. The highest BCUT2D eigenvalue weighted by Gasteiger charge is 2.35. The number of aliphatic hydroxyl groups is 1. The molecule has 0 radical (unpaired) electrons. The smallest absolute Gasteiger partial charge is 0.224 e. The summed E-state index contributed by atoms with van der Waals surface area (Å²) >= 11 is 5.97. The minimum Gasteiger partial charge on any atom is -0.487 e. The number of aliphatic hydroxyl groups excluding tert-OH is 1. The fraction of sp³-hybridized carbons (Fsp3) is 0.409. The van der Waals surface area contributed by atoms with Crippen LogP contribution in [0.1, 0.15) is 37.5 Å². The van der Waals surface area contributed by atoms with E-state index in [0.717, 1.165) is 34.7 Å². The van der Waals surface area contributed by atoms with Crippen LogP contribution in [0.25, 0.3) is 0 Å². The first-order valence-corrected chi connectivity index (χ1v) is 9.53. The lowest BCUT2D eigenvalue weighted by atomic mass is 9.91. The molecule has 1 aliphatic rings. The molecule has 2 aromatic carbocycles. The van der Waals surface area contributed by atoms with Gasteiger partial charge in [-0.15, -0.1) is 0 Å². The van der Waals surface area contributed by atoms with Crippen LogP contribution in [0.5, 0.6) is 5.75 Å². The molecule has 0 aromatic heterocycles. The van der Waals surface area contributed by atoms with Crippen LogP contribution in [0.2, 0.25) is 5.02 Å². The standard InChI is InChI=1S/C22H26ClNO3/c1-21(2,14-25)24-20(26)11-16-6-9-19-17(10-16)13-22(3,27-19)12-15-4-7-18(23)8-5-15/h4-10,25H,11-14H2,1-3H3,(H,24,26)/t22-/m1/s1. The van der Waals surface area contributed by atoms with E-state index in [2.05, 4.69) is 12.2 Å². The zero-order valence-electron chi connectivity index (χ0n) is 16.0. The summed E-state index contributed by atoms with van der Waals surface area (Å²) in [5.41, 5.74) is 2.32. The van der Waals surface area contributed by atoms with E-state index in [0.29, 0.717) is 0 Å². The Balaban J connectivity index is 1.67. The molecule has 144 valence electrons. The lowest BCUT2D eigenvalue weighted by Crippen LogP contribution is -2.46. The van der Waals surface area contributed by atoms with Crippen LogP contribution in [0.15, 0.2) is 42.5 Å². The third kappa shape index (κ3) is 5.02. The lowest BCUT2D eigenvalue weighted by Gasteiger charge is -2.24. The van der Waals surface area contributed by atoms with Crippen molar-refractivity contribution in [3.63, 3.8) is 0 Å². The summed E-state index contributed by atoms with van der Waals surface area (Å²) < 4.78 is 6.22. The van der Waals surface area contributed by atoms with E-state index < -0.39 is 5.54 Å². The molecular formula is C22H26ClNO3. The van der Waals surface area contributed by atoms with Gasteiger partial charge in [0.1, 0.15) is 11.4 Å². The number of amides is 1. The molecule has 0 spiro atoms. The number of rotatable bonds is 6. The zero-order valence-corrected chi connectivity index (χ0v) is 16.8. The molecule has 0 saturated heterocycles. The molecule has 0 fully saturated rings. The topological polar surface area (TPSA) is 58.6 Å². The molecule has 2 N–H and O–H groups in total. The average Bonchev–Trinajstić information content (AvgIpc) is 2.91. The van der Waals surface area contributed by atoms with E-state index in [1.54, 1.807) is 13.8 Å². The van der Waals surface area contributed by atoms with Crippen LogP contribution in [-0.2, 0) is 24.1 Å². The molecule has 1 amide bonds. The Morgan fingerprint density at radius 3 is 2.56 bits per heavy atom. The Morgan fingerprint density at radius 1 is 1.22 bits per heavy atom. The van der Waals surface area contributed by atoms with Crippen molar-refractivity contribution in [3.8, 4) is 5.75 Å². The van der Waals surface area contributed by atoms with Crippen molar-refractivity contribution >= 4 is 17.5 Å². The molecule has 1 heterocycles. The van der Waals surface area contributed by atoms with Crippen molar-refractivity contribution in [3.05, 3.63) is 64.2 Å². The van der Waals surface area contributed by atoms with Crippen molar-refractivity contribution in [2.24, 2.45) is 0 Å². The SMILES string of the molecule is CC(C)(CO)NC(=O)Cc1ccc2c(c1)C[C@@](C)(Cc1ccc(Cl)cc1)O2. The van der Waals surface area contributed by atoms with Crippen LogP contribution >= 0.6 is 11.6 Å². The maximum atomic E-state index is 12.2. The third-order valence-corrected chi connectivity index (χ3v) is 5.03. The van der Waals surface area contributed by atoms with Gasteiger partial charge in [-0.25, -0.2) is 0 Å². The first-order chi connectivity index (χ1) is 12.7. The van der Waals surface area contributed by atoms with Gasteiger partial charge < -0.3 is 15.2 Å². The minimum atomic E-state index is -0.617. The van der Waals surface area contributed by atoms with Crippen molar-refractivity contribution < 1.29 is 14.6 Å². The highest BCUT2D eigenvalue weighted by molar-refractivity contribution is 6.30. The van der Waals surface area contributed by atoms with Gasteiger partial charge in [0.2, 0.25) is 5.91 Å². The average molecular weight is 388 g/mol. The Labute approximate surface area is 165 Å². The number of carbonyl (C=O) groups excluding carboxylic acids is 1. The van der Waals surface area contributed by atoms with Gasteiger partial charge in [0.25, 0.3) is 0 Å². The first kappa shape index (κ1) is 19.7. The summed E-state index contributed by atoms with van der Waals surface area (Å²) in [6.07, 6.45) is 1.87. The Bertz CT molecular complexity index is 832. The first-order valence-electron chi connectivity index (χ1n) is 9.15. The van der Waals surface area contributed by atoms with Crippen LogP contribution in [0.3, 0.4) is 0 Å². The van der Waals surface area contributed by atoms with Crippen LogP contribution in [-0.4, -0.2) is 28.8 Å². The van der Waals surface area contributed by atoms with E-state index in [1.165, 1.54) is 5.56 Å². The predicted octanol–water partition coefficient (Wildman–Crippen LogP) is 3.71. The molecule has 4 nitrogen and oxygen atoms in total. The van der Waals surface area contributed by atoms with Gasteiger partial charge >= 0.3 is 0 Å². The lowest BCUT2D eigenvalue weighted by molar-refractivity contribution is -0.122. The Kier molecular flexibility index (Phi) is 5.50. The zero-order chi connectivity index (χ0) is 19.7. The van der Waals surface area contributed by atoms with Crippen LogP contribution in [0, 0.1) is 0 Å². The Morgan fingerprint density at radius 2 is 1.89 bits per heavy atom. The van der Waals surface area contributed by atoms with E-state index in [1.807, 2.05) is 42.5 Å². The van der Waals surface area contributed by atoms with Gasteiger partial charge in [-0.3, -0.25) is 4.79 Å². The molecule has 1 atom stereocenters.